The van der Waals surface area contributed by atoms with E-state index in [2.05, 4.69) is 19.2 Å². The first-order chi connectivity index (χ1) is 8.49. The molecule has 0 aliphatic rings. The van der Waals surface area contributed by atoms with Gasteiger partial charge < -0.3 is 14.4 Å². The van der Waals surface area contributed by atoms with E-state index in [1.54, 1.807) is 0 Å². The SMILES string of the molecule is CCCCCC(C)(NCCCC)P(=O)(OC)OC. The van der Waals surface area contributed by atoms with Gasteiger partial charge in [-0.2, -0.15) is 0 Å². The molecule has 4 nitrogen and oxygen atoms in total. The average Bonchev–Trinajstić information content (AvgIpc) is 2.38. The van der Waals surface area contributed by atoms with E-state index in [0.717, 1.165) is 45.1 Å². The van der Waals surface area contributed by atoms with E-state index in [-0.39, 0.29) is 0 Å². The molecule has 0 aliphatic carbocycles. The Hall–Kier alpha value is 0.110. The molecule has 0 saturated heterocycles. The second kappa shape index (κ2) is 9.08. The highest BCUT2D eigenvalue weighted by molar-refractivity contribution is 7.55. The highest BCUT2D eigenvalue weighted by Crippen LogP contribution is 2.59. The zero-order chi connectivity index (χ0) is 14.1. The van der Waals surface area contributed by atoms with E-state index in [9.17, 15) is 4.57 Å². The summed E-state index contributed by atoms with van der Waals surface area (Å²) in [4.78, 5) is 0. The molecule has 0 aromatic rings. The van der Waals surface area contributed by atoms with Crippen LogP contribution >= 0.6 is 7.60 Å². The van der Waals surface area contributed by atoms with Crippen molar-refractivity contribution in [2.45, 2.75) is 64.6 Å². The highest BCUT2D eigenvalue weighted by atomic mass is 31.2. The Labute approximate surface area is 112 Å². The van der Waals surface area contributed by atoms with Gasteiger partial charge in [0.05, 0.1) is 0 Å². The van der Waals surface area contributed by atoms with Crippen LogP contribution in [0.4, 0.5) is 0 Å². The predicted octanol–water partition coefficient (Wildman–Crippen LogP) is 4.16. The Balaban J connectivity index is 4.71. The Morgan fingerprint density at radius 1 is 1.06 bits per heavy atom. The minimum absolute atomic E-state index is 0.582. The molecule has 0 rings (SSSR count). The fourth-order valence-corrected chi connectivity index (χ4v) is 3.75. The van der Waals surface area contributed by atoms with Crippen LogP contribution in [0.5, 0.6) is 0 Å². The fourth-order valence-electron chi connectivity index (χ4n) is 2.05. The second-order valence-electron chi connectivity index (χ2n) is 4.87. The summed E-state index contributed by atoms with van der Waals surface area (Å²) in [5.74, 6) is 0. The van der Waals surface area contributed by atoms with Crippen molar-refractivity contribution in [2.24, 2.45) is 0 Å². The van der Waals surface area contributed by atoms with E-state index in [1.165, 1.54) is 14.2 Å². The van der Waals surface area contributed by atoms with E-state index >= 15 is 0 Å². The second-order valence-corrected chi connectivity index (χ2v) is 7.59. The minimum Gasteiger partial charge on any atom is -0.311 e. The molecule has 0 fully saturated rings. The lowest BCUT2D eigenvalue weighted by Gasteiger charge is -2.35. The Morgan fingerprint density at radius 3 is 2.06 bits per heavy atom. The molecule has 5 heteroatoms. The molecular formula is C13H30NO3P. The molecular weight excluding hydrogens is 249 g/mol. The first-order valence-corrected chi connectivity index (χ1v) is 8.50. The van der Waals surface area contributed by atoms with Crippen LogP contribution in [0.25, 0.3) is 0 Å². The zero-order valence-electron chi connectivity index (χ0n) is 12.6. The first kappa shape index (κ1) is 18.1. The van der Waals surface area contributed by atoms with Gasteiger partial charge >= 0.3 is 7.60 Å². The lowest BCUT2D eigenvalue weighted by molar-refractivity contribution is 0.227. The van der Waals surface area contributed by atoms with Gasteiger partial charge in [-0.05, 0) is 26.3 Å². The molecule has 1 N–H and O–H groups in total. The Kier molecular flexibility index (Phi) is 9.14. The van der Waals surface area contributed by atoms with Gasteiger partial charge in [-0.3, -0.25) is 4.57 Å². The summed E-state index contributed by atoms with van der Waals surface area (Å²) >= 11 is 0. The standard InChI is InChI=1S/C13H30NO3P/c1-6-8-10-11-13(3,14-12-9-7-2)18(15,16-4)17-5/h14H,6-12H2,1-5H3. The van der Waals surface area contributed by atoms with Gasteiger partial charge in [0.25, 0.3) is 0 Å². The van der Waals surface area contributed by atoms with Crippen LogP contribution in [0.2, 0.25) is 0 Å². The van der Waals surface area contributed by atoms with Crippen LogP contribution in [-0.2, 0) is 13.6 Å². The van der Waals surface area contributed by atoms with Gasteiger partial charge in [0.2, 0.25) is 0 Å². The maximum atomic E-state index is 12.7. The minimum atomic E-state index is -3.09. The summed E-state index contributed by atoms with van der Waals surface area (Å²) in [6.45, 7) is 7.10. The van der Waals surface area contributed by atoms with E-state index in [1.807, 2.05) is 6.92 Å². The van der Waals surface area contributed by atoms with Crippen LogP contribution in [-0.4, -0.2) is 26.0 Å². The summed E-state index contributed by atoms with van der Waals surface area (Å²) in [5.41, 5.74) is 0. The lowest BCUT2D eigenvalue weighted by Crippen LogP contribution is -2.43. The number of hydrogen-bond donors (Lipinski definition) is 1. The molecule has 110 valence electrons. The van der Waals surface area contributed by atoms with Crippen molar-refractivity contribution in [1.29, 1.82) is 0 Å². The normalized spacial score (nSPS) is 15.6. The topological polar surface area (TPSA) is 47.6 Å². The monoisotopic (exact) mass is 279 g/mol. The van der Waals surface area contributed by atoms with Crippen LogP contribution in [0, 0.1) is 0 Å². The summed E-state index contributed by atoms with van der Waals surface area (Å²) in [6, 6.07) is 0. The van der Waals surface area contributed by atoms with E-state index in [0.29, 0.717) is 0 Å². The predicted molar refractivity (Wildman–Crippen MR) is 77.1 cm³/mol. The third-order valence-corrected chi connectivity index (χ3v) is 5.94. The van der Waals surface area contributed by atoms with Gasteiger partial charge in [-0.15, -0.1) is 0 Å². The van der Waals surface area contributed by atoms with Crippen molar-refractivity contribution >= 4 is 7.60 Å². The van der Waals surface area contributed by atoms with E-state index < -0.39 is 12.9 Å². The molecule has 0 aromatic heterocycles. The average molecular weight is 279 g/mol. The molecule has 0 aliphatic heterocycles. The molecule has 18 heavy (non-hydrogen) atoms. The summed E-state index contributed by atoms with van der Waals surface area (Å²) in [6.07, 6.45) is 6.30. The molecule has 0 bridgehead atoms. The summed E-state index contributed by atoms with van der Waals surface area (Å²) in [7, 11) is -0.170. The molecule has 0 saturated carbocycles. The number of nitrogens with one attached hydrogen (secondary N) is 1. The quantitative estimate of drug-likeness (QED) is 0.456. The molecule has 1 atom stereocenters. The van der Waals surface area contributed by atoms with Gasteiger partial charge in [-0.1, -0.05) is 39.5 Å². The Morgan fingerprint density at radius 2 is 1.61 bits per heavy atom. The molecule has 0 radical (unpaired) electrons. The fraction of sp³-hybridized carbons (Fsp3) is 1.00. The third kappa shape index (κ3) is 5.00. The van der Waals surface area contributed by atoms with Crippen LogP contribution in [0.1, 0.15) is 59.3 Å². The van der Waals surface area contributed by atoms with Gasteiger partial charge in [0, 0.05) is 14.2 Å². The van der Waals surface area contributed by atoms with E-state index in [4.69, 9.17) is 9.05 Å². The van der Waals surface area contributed by atoms with Gasteiger partial charge in [-0.25, -0.2) is 0 Å². The number of unbranched alkanes of at least 4 members (excludes halogenated alkanes) is 3. The summed E-state index contributed by atoms with van der Waals surface area (Å²) in [5, 5.41) is 2.80. The molecule has 0 amide bonds. The van der Waals surface area contributed by atoms with Crippen molar-refractivity contribution in [3.8, 4) is 0 Å². The van der Waals surface area contributed by atoms with Crippen molar-refractivity contribution in [3.63, 3.8) is 0 Å². The van der Waals surface area contributed by atoms with Crippen molar-refractivity contribution in [3.05, 3.63) is 0 Å². The number of hydrogen-bond acceptors (Lipinski definition) is 4. The highest BCUT2D eigenvalue weighted by Gasteiger charge is 2.45. The number of rotatable bonds is 11. The molecule has 0 aromatic carbocycles. The maximum Gasteiger partial charge on any atom is 0.349 e. The van der Waals surface area contributed by atoms with Crippen molar-refractivity contribution in [2.75, 3.05) is 20.8 Å². The van der Waals surface area contributed by atoms with Gasteiger partial charge in [0.1, 0.15) is 5.28 Å². The maximum absolute atomic E-state index is 12.7. The van der Waals surface area contributed by atoms with Crippen LogP contribution < -0.4 is 5.32 Å². The van der Waals surface area contributed by atoms with Crippen molar-refractivity contribution in [1.82, 2.24) is 5.32 Å². The van der Waals surface area contributed by atoms with Crippen molar-refractivity contribution < 1.29 is 13.6 Å². The zero-order valence-corrected chi connectivity index (χ0v) is 13.5. The van der Waals surface area contributed by atoms with Crippen LogP contribution in [0.3, 0.4) is 0 Å². The summed E-state index contributed by atoms with van der Waals surface area (Å²) < 4.78 is 23.0. The van der Waals surface area contributed by atoms with Crippen LogP contribution in [0.15, 0.2) is 0 Å². The Bertz CT molecular complexity index is 241. The third-order valence-electron chi connectivity index (χ3n) is 3.39. The molecule has 0 heterocycles. The smallest absolute Gasteiger partial charge is 0.311 e. The first-order valence-electron chi connectivity index (χ1n) is 6.96. The largest absolute Gasteiger partial charge is 0.349 e. The molecule has 0 spiro atoms. The lowest BCUT2D eigenvalue weighted by atomic mass is 10.1. The molecule has 1 unspecified atom stereocenters. The van der Waals surface area contributed by atoms with Gasteiger partial charge in [0.15, 0.2) is 0 Å².